The van der Waals surface area contributed by atoms with Crippen LogP contribution in [0.1, 0.15) is 29.3 Å². The van der Waals surface area contributed by atoms with E-state index in [1.807, 2.05) is 18.2 Å². The first-order valence-corrected chi connectivity index (χ1v) is 11.9. The summed E-state index contributed by atoms with van der Waals surface area (Å²) in [5.41, 5.74) is 2.07. The molecular formula is C22H31N3O5S. The van der Waals surface area contributed by atoms with Crippen molar-refractivity contribution in [3.05, 3.63) is 53.6 Å². The number of hydrogen-bond donors (Lipinski definition) is 3. The number of carbonyl (C=O) groups excluding carboxylic acids is 1. The van der Waals surface area contributed by atoms with Gasteiger partial charge in [-0.2, -0.15) is 0 Å². The Morgan fingerprint density at radius 2 is 1.68 bits per heavy atom. The van der Waals surface area contributed by atoms with E-state index < -0.39 is 10.0 Å². The Morgan fingerprint density at radius 3 is 2.29 bits per heavy atom. The number of ether oxygens (including phenoxy) is 2. The molecule has 1 unspecified atom stereocenters. The molecule has 1 amide bonds. The first-order valence-electron chi connectivity index (χ1n) is 10.0. The molecule has 2 rings (SSSR count). The number of rotatable bonds is 12. The highest BCUT2D eigenvalue weighted by Gasteiger charge is 2.09. The zero-order valence-electron chi connectivity index (χ0n) is 18.4. The highest BCUT2D eigenvalue weighted by molar-refractivity contribution is 7.92. The van der Waals surface area contributed by atoms with Crippen LogP contribution in [0.3, 0.4) is 0 Å². The number of carbonyl (C=O) groups is 1. The van der Waals surface area contributed by atoms with E-state index in [9.17, 15) is 13.2 Å². The number of sulfonamides is 1. The summed E-state index contributed by atoms with van der Waals surface area (Å²) in [6.07, 6.45) is 2.92. The molecule has 0 bridgehead atoms. The molecule has 9 heteroatoms. The van der Waals surface area contributed by atoms with Crippen molar-refractivity contribution in [2.45, 2.75) is 25.8 Å². The number of methoxy groups -OCH3 is 2. The summed E-state index contributed by atoms with van der Waals surface area (Å²) in [5, 5.41) is 6.25. The van der Waals surface area contributed by atoms with Gasteiger partial charge in [0.1, 0.15) is 0 Å². The van der Waals surface area contributed by atoms with Crippen LogP contribution in [0.4, 0.5) is 5.69 Å². The molecule has 0 aliphatic rings. The number of hydrogen-bond acceptors (Lipinski definition) is 6. The normalized spacial score (nSPS) is 12.1. The van der Waals surface area contributed by atoms with Gasteiger partial charge in [0, 0.05) is 30.4 Å². The molecule has 0 aliphatic heterocycles. The van der Waals surface area contributed by atoms with Crippen LogP contribution in [0.2, 0.25) is 0 Å². The Kier molecular flexibility index (Phi) is 9.14. The molecule has 1 atom stereocenters. The smallest absolute Gasteiger partial charge is 0.251 e. The molecule has 0 spiro atoms. The van der Waals surface area contributed by atoms with E-state index in [1.54, 1.807) is 38.5 Å². The van der Waals surface area contributed by atoms with Gasteiger partial charge in [-0.1, -0.05) is 6.07 Å². The van der Waals surface area contributed by atoms with Gasteiger partial charge in [-0.15, -0.1) is 0 Å². The first-order chi connectivity index (χ1) is 14.7. The van der Waals surface area contributed by atoms with Crippen molar-refractivity contribution in [3.63, 3.8) is 0 Å². The van der Waals surface area contributed by atoms with Crippen LogP contribution in [0.5, 0.6) is 11.5 Å². The van der Waals surface area contributed by atoms with Crippen molar-refractivity contribution < 1.29 is 22.7 Å². The second-order valence-electron chi connectivity index (χ2n) is 7.29. The van der Waals surface area contributed by atoms with Gasteiger partial charge < -0.3 is 20.1 Å². The monoisotopic (exact) mass is 449 g/mol. The second kappa shape index (κ2) is 11.6. The lowest BCUT2D eigenvalue weighted by Crippen LogP contribution is -2.36. The maximum atomic E-state index is 12.2. The predicted molar refractivity (Wildman–Crippen MR) is 123 cm³/mol. The van der Waals surface area contributed by atoms with E-state index in [0.717, 1.165) is 30.6 Å². The van der Waals surface area contributed by atoms with Crippen LogP contribution in [0, 0.1) is 0 Å². The molecule has 0 saturated carbocycles. The Morgan fingerprint density at radius 1 is 1.00 bits per heavy atom. The standard InChI is InChI=1S/C22H31N3O5S/c1-16(5-6-17-7-12-20(29-2)21(15-17)30-3)23-13-14-24-22(26)18-8-10-19(11-9-18)25-31(4,27)28/h7-12,15-16,23,25H,5-6,13-14H2,1-4H3,(H,24,26). The van der Waals surface area contributed by atoms with Crippen LogP contribution in [-0.2, 0) is 16.4 Å². The van der Waals surface area contributed by atoms with Gasteiger partial charge in [-0.3, -0.25) is 9.52 Å². The van der Waals surface area contributed by atoms with Gasteiger partial charge in [0.2, 0.25) is 10.0 Å². The van der Waals surface area contributed by atoms with Crippen molar-refractivity contribution in [2.75, 3.05) is 38.3 Å². The molecule has 2 aromatic rings. The van der Waals surface area contributed by atoms with E-state index >= 15 is 0 Å². The predicted octanol–water partition coefficient (Wildman–Crippen LogP) is 2.42. The fourth-order valence-electron chi connectivity index (χ4n) is 3.02. The molecule has 0 fully saturated rings. The zero-order valence-corrected chi connectivity index (χ0v) is 19.2. The lowest BCUT2D eigenvalue weighted by atomic mass is 10.1. The highest BCUT2D eigenvalue weighted by Crippen LogP contribution is 2.28. The maximum Gasteiger partial charge on any atom is 0.251 e. The summed E-state index contributed by atoms with van der Waals surface area (Å²) in [6, 6.07) is 12.5. The Balaban J connectivity index is 1.70. The van der Waals surface area contributed by atoms with Crippen LogP contribution >= 0.6 is 0 Å². The summed E-state index contributed by atoms with van der Waals surface area (Å²) < 4.78 is 35.4. The molecule has 2 aromatic carbocycles. The third kappa shape index (κ3) is 8.47. The number of anilines is 1. The second-order valence-corrected chi connectivity index (χ2v) is 9.04. The van der Waals surface area contributed by atoms with Crippen LogP contribution < -0.4 is 24.8 Å². The molecule has 8 nitrogen and oxygen atoms in total. The minimum atomic E-state index is -3.34. The van der Waals surface area contributed by atoms with Gasteiger partial charge in [-0.05, 0) is 61.7 Å². The minimum absolute atomic E-state index is 0.203. The lowest BCUT2D eigenvalue weighted by Gasteiger charge is -2.15. The molecular weight excluding hydrogens is 418 g/mol. The summed E-state index contributed by atoms with van der Waals surface area (Å²) in [7, 11) is -0.0915. The summed E-state index contributed by atoms with van der Waals surface area (Å²) in [6.45, 7) is 3.24. The average Bonchev–Trinajstić information content (AvgIpc) is 2.74. The van der Waals surface area contributed by atoms with Gasteiger partial charge in [0.25, 0.3) is 5.91 Å². The van der Waals surface area contributed by atoms with E-state index in [4.69, 9.17) is 9.47 Å². The number of nitrogens with one attached hydrogen (secondary N) is 3. The maximum absolute atomic E-state index is 12.2. The van der Waals surface area contributed by atoms with Gasteiger partial charge in [0.05, 0.1) is 20.5 Å². The van der Waals surface area contributed by atoms with E-state index in [0.29, 0.717) is 24.3 Å². The quantitative estimate of drug-likeness (QED) is 0.430. The van der Waals surface area contributed by atoms with Crippen molar-refractivity contribution in [1.29, 1.82) is 0 Å². The molecule has 0 radical (unpaired) electrons. The lowest BCUT2D eigenvalue weighted by molar-refractivity contribution is 0.0953. The number of amides is 1. The third-order valence-corrected chi connectivity index (χ3v) is 5.27. The van der Waals surface area contributed by atoms with Gasteiger partial charge in [-0.25, -0.2) is 8.42 Å². The number of benzene rings is 2. The Hall–Kier alpha value is -2.78. The van der Waals surface area contributed by atoms with E-state index in [2.05, 4.69) is 22.3 Å². The molecule has 0 heterocycles. The highest BCUT2D eigenvalue weighted by atomic mass is 32.2. The van der Waals surface area contributed by atoms with Gasteiger partial charge >= 0.3 is 0 Å². The third-order valence-electron chi connectivity index (χ3n) is 4.67. The summed E-state index contributed by atoms with van der Waals surface area (Å²) in [4.78, 5) is 12.2. The van der Waals surface area contributed by atoms with Crippen LogP contribution in [-0.4, -0.2) is 53.9 Å². The van der Waals surface area contributed by atoms with E-state index in [1.165, 1.54) is 5.56 Å². The number of aryl methyl sites for hydroxylation is 1. The van der Waals surface area contributed by atoms with Crippen molar-refractivity contribution in [2.24, 2.45) is 0 Å². The minimum Gasteiger partial charge on any atom is -0.493 e. The molecule has 31 heavy (non-hydrogen) atoms. The summed E-state index contributed by atoms with van der Waals surface area (Å²) >= 11 is 0. The largest absolute Gasteiger partial charge is 0.493 e. The summed E-state index contributed by atoms with van der Waals surface area (Å²) in [5.74, 6) is 1.24. The van der Waals surface area contributed by atoms with Crippen molar-refractivity contribution in [3.8, 4) is 11.5 Å². The molecule has 170 valence electrons. The SMILES string of the molecule is COc1ccc(CCC(C)NCCNC(=O)c2ccc(NS(C)(=O)=O)cc2)cc1OC. The fourth-order valence-corrected chi connectivity index (χ4v) is 3.59. The van der Waals surface area contributed by atoms with E-state index in [-0.39, 0.29) is 11.9 Å². The Labute approximate surface area is 184 Å². The van der Waals surface area contributed by atoms with Crippen molar-refractivity contribution >= 4 is 21.6 Å². The van der Waals surface area contributed by atoms with Gasteiger partial charge in [0.15, 0.2) is 11.5 Å². The zero-order chi connectivity index (χ0) is 22.9. The molecule has 0 aromatic heterocycles. The Bertz CT molecular complexity index is 962. The fraction of sp³-hybridized carbons (Fsp3) is 0.409. The average molecular weight is 450 g/mol. The molecule has 0 saturated heterocycles. The van der Waals surface area contributed by atoms with Crippen molar-refractivity contribution in [1.82, 2.24) is 10.6 Å². The molecule has 0 aliphatic carbocycles. The first kappa shape index (κ1) is 24.5. The van der Waals surface area contributed by atoms with Crippen LogP contribution in [0.25, 0.3) is 0 Å². The van der Waals surface area contributed by atoms with Crippen LogP contribution in [0.15, 0.2) is 42.5 Å². The molecule has 3 N–H and O–H groups in total. The topological polar surface area (TPSA) is 106 Å².